The van der Waals surface area contributed by atoms with Crippen LogP contribution in [-0.2, 0) is 9.53 Å². The molecular formula is C7H15NO3. The van der Waals surface area contributed by atoms with Gasteiger partial charge in [-0.1, -0.05) is 0 Å². The van der Waals surface area contributed by atoms with Crippen LogP contribution in [0.25, 0.3) is 0 Å². The number of carboxylic acid groups (broad SMARTS) is 1. The third kappa shape index (κ3) is 4.75. The largest absolute Gasteiger partial charge is 0.547 e. The van der Waals surface area contributed by atoms with Crippen LogP contribution in [0.1, 0.15) is 0 Å². The minimum Gasteiger partial charge on any atom is -0.547 e. The molecule has 0 N–H and O–H groups in total. The Bertz CT molecular complexity index is 139. The van der Waals surface area contributed by atoms with Crippen molar-refractivity contribution in [2.24, 2.45) is 0 Å². The second-order valence-electron chi connectivity index (χ2n) is 3.52. The number of aliphatic carboxylic acids is 1. The maximum atomic E-state index is 10.4. The van der Waals surface area contributed by atoms with Crippen molar-refractivity contribution < 1.29 is 19.1 Å². The molecule has 0 aliphatic carbocycles. The summed E-state index contributed by atoms with van der Waals surface area (Å²) in [7, 11) is 7.06. The summed E-state index contributed by atoms with van der Waals surface area (Å²) in [5.41, 5.74) is 0. The van der Waals surface area contributed by atoms with Gasteiger partial charge in [0.1, 0.15) is 12.6 Å². The molecule has 0 saturated carbocycles. The normalized spacial score (nSPS) is 14.5. The van der Waals surface area contributed by atoms with E-state index in [1.807, 2.05) is 21.1 Å². The Morgan fingerprint density at radius 3 is 2.09 bits per heavy atom. The van der Waals surface area contributed by atoms with Gasteiger partial charge in [-0.25, -0.2) is 0 Å². The Morgan fingerprint density at radius 1 is 1.55 bits per heavy atom. The van der Waals surface area contributed by atoms with Gasteiger partial charge in [-0.2, -0.15) is 0 Å². The number of carboxylic acids is 1. The standard InChI is InChI=1S/C7H15NO3/c1-8(2,3)5-6(11-4)7(9)10/h6H,5H2,1-4H3. The molecule has 0 spiro atoms. The molecule has 66 valence electrons. The fraction of sp³-hybridized carbons (Fsp3) is 0.857. The molecule has 1 unspecified atom stereocenters. The van der Waals surface area contributed by atoms with Crippen LogP contribution in [0.5, 0.6) is 0 Å². The number of hydrogen-bond donors (Lipinski definition) is 0. The molecule has 0 aliphatic rings. The Hall–Kier alpha value is -0.610. The molecule has 0 aromatic heterocycles. The van der Waals surface area contributed by atoms with E-state index in [1.165, 1.54) is 7.11 Å². The summed E-state index contributed by atoms with van der Waals surface area (Å²) in [6.07, 6.45) is -0.810. The summed E-state index contributed by atoms with van der Waals surface area (Å²) in [5.74, 6) is -1.15. The number of methoxy groups -OCH3 is 1. The maximum Gasteiger partial charge on any atom is 0.145 e. The zero-order valence-electron chi connectivity index (χ0n) is 7.46. The number of ether oxygens (including phenoxy) is 1. The minimum atomic E-state index is -1.15. The zero-order chi connectivity index (χ0) is 9.07. The van der Waals surface area contributed by atoms with Crippen LogP contribution >= 0.6 is 0 Å². The van der Waals surface area contributed by atoms with Crippen LogP contribution in [0, 0.1) is 0 Å². The van der Waals surface area contributed by atoms with E-state index < -0.39 is 12.1 Å². The smallest absolute Gasteiger partial charge is 0.145 e. The van der Waals surface area contributed by atoms with Gasteiger partial charge in [-0.3, -0.25) is 0 Å². The molecule has 0 radical (unpaired) electrons. The van der Waals surface area contributed by atoms with Gasteiger partial charge >= 0.3 is 0 Å². The van der Waals surface area contributed by atoms with E-state index in [1.54, 1.807) is 0 Å². The van der Waals surface area contributed by atoms with Crippen molar-refractivity contribution in [2.75, 3.05) is 34.8 Å². The predicted molar refractivity (Wildman–Crippen MR) is 38.7 cm³/mol. The van der Waals surface area contributed by atoms with E-state index in [4.69, 9.17) is 4.74 Å². The van der Waals surface area contributed by atoms with E-state index in [9.17, 15) is 9.90 Å². The second kappa shape index (κ2) is 3.69. The monoisotopic (exact) mass is 161 g/mol. The molecule has 0 fully saturated rings. The van der Waals surface area contributed by atoms with E-state index >= 15 is 0 Å². The number of carbonyl (C=O) groups excluding carboxylic acids is 1. The van der Waals surface area contributed by atoms with Crippen LogP contribution in [0.15, 0.2) is 0 Å². The van der Waals surface area contributed by atoms with Crippen molar-refractivity contribution in [3.63, 3.8) is 0 Å². The summed E-state index contributed by atoms with van der Waals surface area (Å²) in [5, 5.41) is 10.4. The second-order valence-corrected chi connectivity index (χ2v) is 3.52. The number of carbonyl (C=O) groups is 1. The Morgan fingerprint density at radius 2 is 2.00 bits per heavy atom. The summed E-state index contributed by atoms with van der Waals surface area (Å²) < 4.78 is 5.26. The SMILES string of the molecule is COC(C[N+](C)(C)C)C(=O)[O-]. The molecule has 0 rings (SSSR count). The zero-order valence-corrected chi connectivity index (χ0v) is 7.46. The number of likely N-dealkylation sites (N-methyl/N-ethyl adjacent to an activating group) is 1. The highest BCUT2D eigenvalue weighted by atomic mass is 16.5. The minimum absolute atomic E-state index is 0.416. The first kappa shape index (κ1) is 10.4. The van der Waals surface area contributed by atoms with Crippen LogP contribution in [-0.4, -0.2) is 51.4 Å². The van der Waals surface area contributed by atoms with Crippen LogP contribution in [0.3, 0.4) is 0 Å². The average Bonchev–Trinajstić information content (AvgIpc) is 1.80. The Labute approximate surface area is 67.0 Å². The summed E-state index contributed by atoms with van der Waals surface area (Å²) >= 11 is 0. The van der Waals surface area contributed by atoms with Gasteiger partial charge in [0, 0.05) is 7.11 Å². The van der Waals surface area contributed by atoms with Crippen molar-refractivity contribution in [1.29, 1.82) is 0 Å². The molecule has 1 atom stereocenters. The van der Waals surface area contributed by atoms with Crippen LogP contribution < -0.4 is 5.11 Å². The molecule has 0 amide bonds. The lowest BCUT2D eigenvalue weighted by atomic mass is 10.3. The van der Waals surface area contributed by atoms with Gasteiger partial charge in [0.25, 0.3) is 0 Å². The lowest BCUT2D eigenvalue weighted by Crippen LogP contribution is -2.49. The van der Waals surface area contributed by atoms with Crippen molar-refractivity contribution in [3.05, 3.63) is 0 Å². The molecule has 0 aromatic carbocycles. The van der Waals surface area contributed by atoms with E-state index in [0.717, 1.165) is 0 Å². The number of hydrogen-bond acceptors (Lipinski definition) is 3. The summed E-state index contributed by atoms with van der Waals surface area (Å²) in [6.45, 7) is 0.416. The fourth-order valence-electron chi connectivity index (χ4n) is 0.743. The molecule has 4 nitrogen and oxygen atoms in total. The van der Waals surface area contributed by atoms with Gasteiger partial charge in [0.2, 0.25) is 0 Å². The quantitative estimate of drug-likeness (QED) is 0.469. The third-order valence-corrected chi connectivity index (χ3v) is 1.26. The van der Waals surface area contributed by atoms with Crippen molar-refractivity contribution in [3.8, 4) is 0 Å². The highest BCUT2D eigenvalue weighted by molar-refractivity contribution is 5.70. The van der Waals surface area contributed by atoms with Gasteiger partial charge in [0.05, 0.1) is 27.1 Å². The van der Waals surface area contributed by atoms with E-state index in [2.05, 4.69) is 0 Å². The maximum absolute atomic E-state index is 10.4. The molecular weight excluding hydrogens is 146 g/mol. The van der Waals surface area contributed by atoms with Gasteiger partial charge in [0.15, 0.2) is 0 Å². The first-order valence-electron chi connectivity index (χ1n) is 3.41. The number of quaternary nitrogens is 1. The predicted octanol–water partition coefficient (Wildman–Crippen LogP) is -1.54. The topological polar surface area (TPSA) is 49.4 Å². The lowest BCUT2D eigenvalue weighted by molar-refractivity contribution is -0.872. The Balaban J connectivity index is 3.99. The number of rotatable bonds is 4. The first-order valence-corrected chi connectivity index (χ1v) is 3.41. The molecule has 0 aromatic rings. The molecule has 0 saturated heterocycles. The summed E-state index contributed by atoms with van der Waals surface area (Å²) in [6, 6.07) is 0. The highest BCUT2D eigenvalue weighted by Crippen LogP contribution is 1.97. The van der Waals surface area contributed by atoms with Crippen LogP contribution in [0.4, 0.5) is 0 Å². The van der Waals surface area contributed by atoms with Gasteiger partial charge in [-0.15, -0.1) is 0 Å². The van der Waals surface area contributed by atoms with E-state index in [0.29, 0.717) is 11.0 Å². The van der Waals surface area contributed by atoms with E-state index in [-0.39, 0.29) is 0 Å². The van der Waals surface area contributed by atoms with Crippen molar-refractivity contribution in [1.82, 2.24) is 0 Å². The first-order chi connectivity index (χ1) is 4.87. The van der Waals surface area contributed by atoms with Crippen LogP contribution in [0.2, 0.25) is 0 Å². The van der Waals surface area contributed by atoms with Gasteiger partial charge < -0.3 is 19.1 Å². The molecule has 11 heavy (non-hydrogen) atoms. The summed E-state index contributed by atoms with van der Waals surface area (Å²) in [4.78, 5) is 10.4. The third-order valence-electron chi connectivity index (χ3n) is 1.26. The molecule has 0 bridgehead atoms. The molecule has 4 heteroatoms. The molecule has 0 aliphatic heterocycles. The molecule has 0 heterocycles. The van der Waals surface area contributed by atoms with Gasteiger partial charge in [-0.05, 0) is 0 Å². The fourth-order valence-corrected chi connectivity index (χ4v) is 0.743. The average molecular weight is 161 g/mol. The van der Waals surface area contributed by atoms with Crippen molar-refractivity contribution in [2.45, 2.75) is 6.10 Å². The van der Waals surface area contributed by atoms with Crippen molar-refractivity contribution >= 4 is 5.97 Å². The Kier molecular flexibility index (Phi) is 3.48. The number of nitrogens with zero attached hydrogens (tertiary/aromatic N) is 1. The highest BCUT2D eigenvalue weighted by Gasteiger charge is 2.17. The lowest BCUT2D eigenvalue weighted by Gasteiger charge is -2.28.